The van der Waals surface area contributed by atoms with Crippen LogP contribution in [-0.2, 0) is 12.3 Å². The molecule has 0 radical (unpaired) electrons. The standard InChI is InChI=1S/C11H9ClN2OS/c12-6-10-13-14-11(15-10)9-5-7-3-1-2-4-8(7)16-9/h1-4,9H,5-6H2. The molecule has 2 heterocycles. The first-order chi connectivity index (χ1) is 7.86. The van der Waals surface area contributed by atoms with Crippen LogP contribution >= 0.6 is 23.4 Å². The van der Waals surface area contributed by atoms with E-state index in [0.717, 1.165) is 6.42 Å². The average Bonchev–Trinajstić information content (AvgIpc) is 2.95. The molecule has 3 rings (SSSR count). The summed E-state index contributed by atoms with van der Waals surface area (Å²) < 4.78 is 5.47. The van der Waals surface area contributed by atoms with Crippen molar-refractivity contribution in [3.8, 4) is 0 Å². The molecule has 3 nitrogen and oxygen atoms in total. The minimum atomic E-state index is 0.238. The lowest BCUT2D eigenvalue weighted by Crippen LogP contribution is -1.92. The van der Waals surface area contributed by atoms with Crippen LogP contribution in [0.2, 0.25) is 0 Å². The molecule has 0 amide bonds. The van der Waals surface area contributed by atoms with Crippen LogP contribution in [0, 0.1) is 0 Å². The van der Waals surface area contributed by atoms with Gasteiger partial charge in [-0.3, -0.25) is 0 Å². The Morgan fingerprint density at radius 3 is 3.00 bits per heavy atom. The highest BCUT2D eigenvalue weighted by Gasteiger charge is 2.27. The van der Waals surface area contributed by atoms with E-state index in [-0.39, 0.29) is 11.1 Å². The molecule has 16 heavy (non-hydrogen) atoms. The Labute approximate surface area is 102 Å². The number of aromatic nitrogens is 2. The van der Waals surface area contributed by atoms with Gasteiger partial charge < -0.3 is 4.42 Å². The summed E-state index contributed by atoms with van der Waals surface area (Å²) in [5.74, 6) is 1.45. The Kier molecular flexibility index (Phi) is 2.61. The van der Waals surface area contributed by atoms with Gasteiger partial charge in [-0.05, 0) is 18.1 Å². The molecule has 0 fully saturated rings. The zero-order valence-corrected chi connectivity index (χ0v) is 9.96. The third kappa shape index (κ3) is 1.72. The van der Waals surface area contributed by atoms with Crippen LogP contribution in [0.25, 0.3) is 0 Å². The molecule has 0 bridgehead atoms. The summed E-state index contributed by atoms with van der Waals surface area (Å²) in [6.45, 7) is 0. The average molecular weight is 253 g/mol. The van der Waals surface area contributed by atoms with Gasteiger partial charge in [0, 0.05) is 4.90 Å². The molecule has 1 aliphatic heterocycles. The number of halogens is 1. The van der Waals surface area contributed by atoms with Gasteiger partial charge in [0.2, 0.25) is 11.8 Å². The van der Waals surface area contributed by atoms with E-state index >= 15 is 0 Å². The van der Waals surface area contributed by atoms with Gasteiger partial charge in [0.25, 0.3) is 0 Å². The summed E-state index contributed by atoms with van der Waals surface area (Å²) in [5.41, 5.74) is 1.35. The lowest BCUT2D eigenvalue weighted by Gasteiger charge is -2.00. The van der Waals surface area contributed by atoms with Crippen LogP contribution in [0.15, 0.2) is 33.6 Å². The molecular formula is C11H9ClN2OS. The summed E-state index contributed by atoms with van der Waals surface area (Å²) in [6, 6.07) is 8.37. The summed E-state index contributed by atoms with van der Waals surface area (Å²) in [5, 5.41) is 8.15. The predicted molar refractivity (Wildman–Crippen MR) is 62.6 cm³/mol. The van der Waals surface area contributed by atoms with Crippen LogP contribution < -0.4 is 0 Å². The molecule has 1 aromatic heterocycles. The monoisotopic (exact) mass is 252 g/mol. The van der Waals surface area contributed by atoms with Gasteiger partial charge in [0.15, 0.2) is 0 Å². The SMILES string of the molecule is ClCc1nnc(C2Cc3ccccc3S2)o1. The minimum absolute atomic E-state index is 0.238. The molecule has 0 spiro atoms. The topological polar surface area (TPSA) is 38.9 Å². The first-order valence-corrected chi connectivity index (χ1v) is 6.41. The Hall–Kier alpha value is -1.00. The number of benzene rings is 1. The Morgan fingerprint density at radius 2 is 2.25 bits per heavy atom. The Balaban J connectivity index is 1.85. The van der Waals surface area contributed by atoms with Gasteiger partial charge in [-0.2, -0.15) is 0 Å². The van der Waals surface area contributed by atoms with E-state index in [1.807, 2.05) is 6.07 Å². The van der Waals surface area contributed by atoms with Crippen LogP contribution in [0.3, 0.4) is 0 Å². The highest BCUT2D eigenvalue weighted by Crippen LogP contribution is 2.45. The van der Waals surface area contributed by atoms with Gasteiger partial charge in [0.1, 0.15) is 5.88 Å². The second-order valence-corrected chi connectivity index (χ2v) is 5.10. The lowest BCUT2D eigenvalue weighted by atomic mass is 10.1. The summed E-state index contributed by atoms with van der Waals surface area (Å²) in [7, 11) is 0. The van der Waals surface area contributed by atoms with Crippen molar-refractivity contribution in [1.29, 1.82) is 0 Å². The van der Waals surface area contributed by atoms with Crippen LogP contribution in [0.1, 0.15) is 22.6 Å². The van der Waals surface area contributed by atoms with Crippen molar-refractivity contribution in [2.45, 2.75) is 22.4 Å². The molecule has 0 saturated heterocycles. The second-order valence-electron chi connectivity index (χ2n) is 3.59. The largest absolute Gasteiger partial charge is 0.423 e. The Bertz CT molecular complexity index is 489. The third-order valence-electron chi connectivity index (χ3n) is 2.52. The number of hydrogen-bond donors (Lipinski definition) is 0. The van der Waals surface area contributed by atoms with Crippen molar-refractivity contribution in [2.24, 2.45) is 0 Å². The second kappa shape index (κ2) is 4.11. The fraction of sp³-hybridized carbons (Fsp3) is 0.273. The smallest absolute Gasteiger partial charge is 0.231 e. The quantitative estimate of drug-likeness (QED) is 0.770. The van der Waals surface area contributed by atoms with E-state index in [2.05, 4.69) is 28.4 Å². The maximum Gasteiger partial charge on any atom is 0.231 e. The first kappa shape index (κ1) is 10.2. The normalized spacial score (nSPS) is 18.7. The van der Waals surface area contributed by atoms with E-state index in [9.17, 15) is 0 Å². The lowest BCUT2D eigenvalue weighted by molar-refractivity contribution is 0.461. The maximum absolute atomic E-state index is 5.63. The molecular weight excluding hydrogens is 244 g/mol. The van der Waals surface area contributed by atoms with Crippen LogP contribution in [0.4, 0.5) is 0 Å². The number of hydrogen-bond acceptors (Lipinski definition) is 4. The van der Waals surface area contributed by atoms with Crippen molar-refractivity contribution in [3.05, 3.63) is 41.6 Å². The predicted octanol–water partition coefficient (Wildman–Crippen LogP) is 3.20. The van der Waals surface area contributed by atoms with Gasteiger partial charge in [-0.15, -0.1) is 33.6 Å². The first-order valence-electron chi connectivity index (χ1n) is 4.99. The minimum Gasteiger partial charge on any atom is -0.423 e. The number of thioether (sulfide) groups is 1. The molecule has 1 aliphatic rings. The number of rotatable bonds is 2. The van der Waals surface area contributed by atoms with Gasteiger partial charge >= 0.3 is 0 Å². The summed E-state index contributed by atoms with van der Waals surface area (Å²) in [4.78, 5) is 1.30. The molecule has 2 aromatic rings. The molecule has 82 valence electrons. The number of nitrogens with zero attached hydrogens (tertiary/aromatic N) is 2. The highest BCUT2D eigenvalue weighted by atomic mass is 35.5. The molecule has 1 aromatic carbocycles. The Morgan fingerprint density at radius 1 is 1.38 bits per heavy atom. The molecule has 1 unspecified atom stereocenters. The fourth-order valence-electron chi connectivity index (χ4n) is 1.77. The van der Waals surface area contributed by atoms with Crippen molar-refractivity contribution >= 4 is 23.4 Å². The van der Waals surface area contributed by atoms with Crippen LogP contribution in [0.5, 0.6) is 0 Å². The van der Waals surface area contributed by atoms with Crippen molar-refractivity contribution in [1.82, 2.24) is 10.2 Å². The zero-order valence-electron chi connectivity index (χ0n) is 8.39. The van der Waals surface area contributed by atoms with E-state index in [4.69, 9.17) is 16.0 Å². The zero-order chi connectivity index (χ0) is 11.0. The van der Waals surface area contributed by atoms with Gasteiger partial charge in [-0.25, -0.2) is 0 Å². The maximum atomic E-state index is 5.63. The van der Waals surface area contributed by atoms with E-state index < -0.39 is 0 Å². The molecule has 1 atom stereocenters. The molecule has 0 N–H and O–H groups in total. The van der Waals surface area contributed by atoms with E-state index in [1.54, 1.807) is 11.8 Å². The molecule has 5 heteroatoms. The van der Waals surface area contributed by atoms with Crippen molar-refractivity contribution in [2.75, 3.05) is 0 Å². The van der Waals surface area contributed by atoms with Crippen molar-refractivity contribution in [3.63, 3.8) is 0 Å². The summed E-state index contributed by atoms with van der Waals surface area (Å²) >= 11 is 7.41. The van der Waals surface area contributed by atoms with Crippen LogP contribution in [-0.4, -0.2) is 10.2 Å². The fourth-order valence-corrected chi connectivity index (χ4v) is 3.10. The third-order valence-corrected chi connectivity index (χ3v) is 4.05. The highest BCUT2D eigenvalue weighted by molar-refractivity contribution is 7.99. The summed E-state index contributed by atoms with van der Waals surface area (Å²) in [6.07, 6.45) is 0.949. The van der Waals surface area contributed by atoms with Crippen molar-refractivity contribution < 1.29 is 4.42 Å². The van der Waals surface area contributed by atoms with Gasteiger partial charge in [-0.1, -0.05) is 18.2 Å². The molecule has 0 saturated carbocycles. The molecule has 0 aliphatic carbocycles. The van der Waals surface area contributed by atoms with E-state index in [1.165, 1.54) is 10.5 Å². The number of fused-ring (bicyclic) bond motifs is 1. The number of alkyl halides is 1. The van der Waals surface area contributed by atoms with E-state index in [0.29, 0.717) is 11.8 Å². The van der Waals surface area contributed by atoms with Gasteiger partial charge in [0.05, 0.1) is 5.25 Å².